The highest BCUT2D eigenvalue weighted by molar-refractivity contribution is 5.84. The highest BCUT2D eigenvalue weighted by Crippen LogP contribution is 2.40. The Labute approximate surface area is 264 Å². The normalized spacial score (nSPS) is 23.2. The Morgan fingerprint density at radius 1 is 0.957 bits per heavy atom. The van der Waals surface area contributed by atoms with E-state index in [4.69, 9.17) is 20.7 Å². The van der Waals surface area contributed by atoms with E-state index in [1.807, 2.05) is 36.1 Å². The van der Waals surface area contributed by atoms with Crippen LogP contribution < -0.4 is 16.0 Å². The number of rotatable bonds is 9. The van der Waals surface area contributed by atoms with Crippen molar-refractivity contribution in [2.45, 2.75) is 62.4 Å². The smallest absolute Gasteiger partial charge is 0.229 e. The number of imidazole rings is 1. The Bertz CT molecular complexity index is 1760. The van der Waals surface area contributed by atoms with Crippen LogP contribution in [0.5, 0.6) is 11.5 Å². The van der Waals surface area contributed by atoms with Gasteiger partial charge in [-0.1, -0.05) is 31.2 Å². The maximum atomic E-state index is 11.2. The quantitative estimate of drug-likeness (QED) is 0.137. The number of hydrogen-bond donors (Lipinski definition) is 6. The van der Waals surface area contributed by atoms with Gasteiger partial charge in [0.05, 0.1) is 12.4 Å². The number of phenols is 2. The van der Waals surface area contributed by atoms with Crippen LogP contribution in [0.2, 0.25) is 0 Å². The summed E-state index contributed by atoms with van der Waals surface area (Å²) in [6.45, 7) is 3.65. The Balaban J connectivity index is 1.25. The highest BCUT2D eigenvalue weighted by Gasteiger charge is 2.45. The van der Waals surface area contributed by atoms with Gasteiger partial charge in [-0.3, -0.25) is 0 Å². The van der Waals surface area contributed by atoms with Crippen LogP contribution in [0.1, 0.15) is 54.7 Å². The number of aromatic hydroxyl groups is 2. The van der Waals surface area contributed by atoms with E-state index >= 15 is 0 Å². The van der Waals surface area contributed by atoms with Crippen molar-refractivity contribution in [2.75, 3.05) is 29.9 Å². The van der Waals surface area contributed by atoms with Crippen molar-refractivity contribution >= 4 is 22.9 Å². The van der Waals surface area contributed by atoms with Gasteiger partial charge in [-0.2, -0.15) is 14.8 Å². The molecule has 7 rings (SSSR count). The van der Waals surface area contributed by atoms with Crippen molar-refractivity contribution in [1.29, 1.82) is 0 Å². The predicted molar refractivity (Wildman–Crippen MR) is 169 cm³/mol. The van der Waals surface area contributed by atoms with E-state index in [2.05, 4.69) is 20.7 Å². The summed E-state index contributed by atoms with van der Waals surface area (Å²) in [5.74, 6) is 1.75. The number of tetrazole rings is 1. The van der Waals surface area contributed by atoms with Crippen LogP contribution in [0.25, 0.3) is 11.2 Å². The molecule has 1 saturated carbocycles. The Kier molecular flexibility index (Phi) is 7.88. The molecule has 46 heavy (non-hydrogen) atoms. The molecule has 15 heteroatoms. The number of aryl methyl sites for hydroxylation is 1. The molecule has 4 heterocycles. The highest BCUT2D eigenvalue weighted by atomic mass is 16.3. The summed E-state index contributed by atoms with van der Waals surface area (Å²) < 4.78 is 1.80. The number of fused-ring (bicyclic) bond motifs is 1. The van der Waals surface area contributed by atoms with Crippen LogP contribution in [0.15, 0.2) is 54.9 Å². The van der Waals surface area contributed by atoms with E-state index in [-0.39, 0.29) is 23.5 Å². The zero-order valence-electron chi connectivity index (χ0n) is 25.3. The third-order valence-electron chi connectivity index (χ3n) is 9.04. The topological polar surface area (TPSA) is 209 Å². The van der Waals surface area contributed by atoms with Gasteiger partial charge in [-0.25, -0.2) is 4.98 Å². The van der Waals surface area contributed by atoms with Crippen molar-refractivity contribution in [3.8, 4) is 11.5 Å². The molecule has 2 aliphatic rings. The molecule has 1 unspecified atom stereocenters. The van der Waals surface area contributed by atoms with Gasteiger partial charge < -0.3 is 40.9 Å². The molecule has 2 fully saturated rings. The summed E-state index contributed by atoms with van der Waals surface area (Å²) in [6, 6.07) is 12.9. The monoisotopic (exact) mass is 627 g/mol. The number of aliphatic hydroxyl groups excluding tert-OH is 2. The lowest BCUT2D eigenvalue weighted by Gasteiger charge is -2.22. The molecule has 1 aliphatic heterocycles. The summed E-state index contributed by atoms with van der Waals surface area (Å²) >= 11 is 0. The van der Waals surface area contributed by atoms with Crippen LogP contribution >= 0.6 is 0 Å². The molecule has 5 aromatic rings. The van der Waals surface area contributed by atoms with Gasteiger partial charge >= 0.3 is 0 Å². The van der Waals surface area contributed by atoms with E-state index in [1.165, 1.54) is 4.80 Å². The van der Waals surface area contributed by atoms with Crippen LogP contribution in [0, 0.1) is 0 Å². The number of aromatic nitrogens is 8. The lowest BCUT2D eigenvalue weighted by Crippen LogP contribution is -2.31. The molecular formula is C31H37N11O4. The summed E-state index contributed by atoms with van der Waals surface area (Å²) in [5.41, 5.74) is 9.18. The second kappa shape index (κ2) is 12.2. The Morgan fingerprint density at radius 2 is 1.63 bits per heavy atom. The average molecular weight is 628 g/mol. The minimum atomic E-state index is -1.12. The number of aliphatic hydroxyl groups is 2. The van der Waals surface area contributed by atoms with Crippen molar-refractivity contribution in [2.24, 2.45) is 5.73 Å². The molecular weight excluding hydrogens is 590 g/mol. The van der Waals surface area contributed by atoms with Crippen LogP contribution in [0.3, 0.4) is 0 Å². The molecule has 2 aromatic carbocycles. The van der Waals surface area contributed by atoms with Crippen molar-refractivity contribution in [3.05, 3.63) is 71.8 Å². The molecule has 0 spiro atoms. The number of phenolic OH excluding ortho intramolecular Hbond substituents is 2. The van der Waals surface area contributed by atoms with Crippen LogP contribution in [-0.2, 0) is 6.42 Å². The van der Waals surface area contributed by atoms with E-state index in [9.17, 15) is 20.4 Å². The molecule has 1 saturated heterocycles. The second-order valence-corrected chi connectivity index (χ2v) is 12.0. The number of anilines is 2. The van der Waals surface area contributed by atoms with Crippen molar-refractivity contribution < 1.29 is 20.4 Å². The summed E-state index contributed by atoms with van der Waals surface area (Å²) in [7, 11) is 0. The van der Waals surface area contributed by atoms with E-state index < -0.39 is 24.3 Å². The number of benzene rings is 2. The second-order valence-electron chi connectivity index (χ2n) is 12.0. The van der Waals surface area contributed by atoms with Gasteiger partial charge in [0.1, 0.15) is 29.7 Å². The lowest BCUT2D eigenvalue weighted by atomic mass is 9.91. The first-order valence-corrected chi connectivity index (χ1v) is 15.5. The van der Waals surface area contributed by atoms with E-state index in [1.54, 1.807) is 35.2 Å². The summed E-state index contributed by atoms with van der Waals surface area (Å²) in [6.07, 6.45) is 1.14. The van der Waals surface area contributed by atoms with Gasteiger partial charge in [0, 0.05) is 38.0 Å². The maximum absolute atomic E-state index is 11.2. The fourth-order valence-corrected chi connectivity index (χ4v) is 6.45. The minimum Gasteiger partial charge on any atom is -0.508 e. The van der Waals surface area contributed by atoms with Gasteiger partial charge in [-0.15, -0.1) is 10.2 Å². The SMILES string of the molecule is CCc1nnn([C@H]2C[C@@H](n3cnc4c(NCC(c5ccc(O)cc5)c5ccc(O)cc5)nc(N5CCC(N)C5)nc43)[C@H](O)[C@@H]2O)n1. The first-order chi connectivity index (χ1) is 22.3. The largest absolute Gasteiger partial charge is 0.508 e. The first-order valence-electron chi connectivity index (χ1n) is 15.5. The first kappa shape index (κ1) is 29.8. The number of nitrogens with two attached hydrogens (primary N) is 1. The van der Waals surface area contributed by atoms with Gasteiger partial charge in [-0.05, 0) is 53.4 Å². The molecule has 0 bridgehead atoms. The van der Waals surface area contributed by atoms with Crippen LogP contribution in [-0.4, -0.2) is 98.0 Å². The predicted octanol–water partition coefficient (Wildman–Crippen LogP) is 1.48. The zero-order valence-corrected chi connectivity index (χ0v) is 25.3. The third-order valence-corrected chi connectivity index (χ3v) is 9.04. The molecule has 15 nitrogen and oxygen atoms in total. The molecule has 240 valence electrons. The molecule has 7 N–H and O–H groups in total. The third kappa shape index (κ3) is 5.57. The van der Waals surface area contributed by atoms with Crippen molar-refractivity contribution in [1.82, 2.24) is 39.7 Å². The summed E-state index contributed by atoms with van der Waals surface area (Å²) in [4.78, 5) is 17.9. The number of nitrogens with zero attached hydrogens (tertiary/aromatic N) is 9. The summed E-state index contributed by atoms with van der Waals surface area (Å²) in [5, 5.41) is 58.1. The molecule has 5 atom stereocenters. The number of hydrogen-bond acceptors (Lipinski definition) is 13. The standard InChI is InChI=1S/C31H37N11O4/c1-2-25-37-39-42(38-25)24-13-23(27(45)28(24)46)41-16-34-26-29(35-31(36-30(26)41)40-12-11-19(32)15-40)33-14-22(17-3-7-20(43)8-4-17)18-5-9-21(44)10-6-18/h3-10,16,19,22-24,27-28,43-46H,2,11-15,32H2,1H3,(H,33,35,36)/t19?,23-,24+,27+,28-/m1/s1. The minimum absolute atomic E-state index is 0.00439. The van der Waals surface area contributed by atoms with Crippen LogP contribution in [0.4, 0.5) is 11.8 Å². The maximum Gasteiger partial charge on any atom is 0.229 e. The number of nitrogens with one attached hydrogen (secondary N) is 1. The van der Waals surface area contributed by atoms with Gasteiger partial charge in [0.25, 0.3) is 0 Å². The van der Waals surface area contributed by atoms with Crippen molar-refractivity contribution in [3.63, 3.8) is 0 Å². The Hall–Kier alpha value is -4.86. The fraction of sp³-hybridized carbons (Fsp3) is 0.419. The van der Waals surface area contributed by atoms with E-state index in [0.29, 0.717) is 61.2 Å². The lowest BCUT2D eigenvalue weighted by molar-refractivity contribution is 0.00473. The van der Waals surface area contributed by atoms with Gasteiger partial charge in [0.15, 0.2) is 22.8 Å². The zero-order chi connectivity index (χ0) is 31.9. The Morgan fingerprint density at radius 3 is 2.24 bits per heavy atom. The average Bonchev–Trinajstić information content (AvgIpc) is 3.86. The molecule has 3 aromatic heterocycles. The molecule has 1 aliphatic carbocycles. The fourth-order valence-electron chi connectivity index (χ4n) is 6.45. The van der Waals surface area contributed by atoms with E-state index in [0.717, 1.165) is 17.5 Å². The molecule has 0 amide bonds. The molecule has 0 radical (unpaired) electrons. The van der Waals surface area contributed by atoms with Gasteiger partial charge in [0.2, 0.25) is 5.95 Å².